The molecule has 18 heavy (non-hydrogen) atoms. The Bertz CT molecular complexity index is 352. The minimum Gasteiger partial charge on any atom is -0.382 e. The van der Waals surface area contributed by atoms with Crippen LogP contribution in [0.15, 0.2) is 18.3 Å². The van der Waals surface area contributed by atoms with Crippen LogP contribution in [0.25, 0.3) is 0 Å². The predicted octanol–water partition coefficient (Wildman–Crippen LogP) is 1.67. The molecule has 0 atom stereocenters. The van der Waals surface area contributed by atoms with Crippen molar-refractivity contribution in [3.8, 4) is 0 Å². The van der Waals surface area contributed by atoms with Gasteiger partial charge in [-0.25, -0.2) is 4.98 Å². The number of amides is 1. The summed E-state index contributed by atoms with van der Waals surface area (Å²) < 4.78 is 5.19. The molecule has 1 amide bonds. The molecule has 0 aliphatic rings. The number of ether oxygens (including phenoxy) is 1. The molecule has 0 aromatic carbocycles. The largest absolute Gasteiger partial charge is 0.382 e. The molecule has 0 spiro atoms. The Morgan fingerprint density at radius 2 is 2.22 bits per heavy atom. The molecule has 1 rings (SSSR count). The van der Waals surface area contributed by atoms with Crippen molar-refractivity contribution in [2.45, 2.75) is 20.3 Å². The van der Waals surface area contributed by atoms with E-state index in [0.717, 1.165) is 18.8 Å². The predicted molar refractivity (Wildman–Crippen MR) is 71.8 cm³/mol. The first kappa shape index (κ1) is 14.4. The van der Waals surface area contributed by atoms with Crippen LogP contribution in [-0.4, -0.2) is 37.2 Å². The number of hydrogen-bond donors (Lipinski definition) is 2. The van der Waals surface area contributed by atoms with Crippen LogP contribution in [-0.2, 0) is 4.74 Å². The summed E-state index contributed by atoms with van der Waals surface area (Å²) in [5, 5.41) is 5.91. The lowest BCUT2D eigenvalue weighted by Crippen LogP contribution is -2.25. The lowest BCUT2D eigenvalue weighted by Gasteiger charge is -2.06. The van der Waals surface area contributed by atoms with E-state index in [9.17, 15) is 4.79 Å². The quantitative estimate of drug-likeness (QED) is 0.690. The van der Waals surface area contributed by atoms with E-state index < -0.39 is 0 Å². The molecule has 0 fully saturated rings. The molecule has 0 unspecified atom stereocenters. The van der Waals surface area contributed by atoms with Gasteiger partial charge in [-0.1, -0.05) is 0 Å². The highest BCUT2D eigenvalue weighted by Gasteiger charge is 2.04. The van der Waals surface area contributed by atoms with Crippen LogP contribution >= 0.6 is 0 Å². The monoisotopic (exact) mass is 251 g/mol. The highest BCUT2D eigenvalue weighted by molar-refractivity contribution is 5.93. The fourth-order valence-electron chi connectivity index (χ4n) is 1.44. The first-order chi connectivity index (χ1) is 8.77. The topological polar surface area (TPSA) is 63.2 Å². The second-order valence-corrected chi connectivity index (χ2v) is 3.77. The van der Waals surface area contributed by atoms with Crippen molar-refractivity contribution in [3.63, 3.8) is 0 Å². The maximum absolute atomic E-state index is 11.7. The third-order valence-corrected chi connectivity index (χ3v) is 2.34. The van der Waals surface area contributed by atoms with Crippen molar-refractivity contribution >= 4 is 11.7 Å². The third kappa shape index (κ3) is 5.14. The van der Waals surface area contributed by atoms with Crippen LogP contribution in [0.3, 0.4) is 0 Å². The number of nitrogens with zero attached hydrogens (tertiary/aromatic N) is 1. The van der Waals surface area contributed by atoms with Gasteiger partial charge in [0.2, 0.25) is 0 Å². The second-order valence-electron chi connectivity index (χ2n) is 3.77. The van der Waals surface area contributed by atoms with E-state index in [1.54, 1.807) is 18.3 Å². The van der Waals surface area contributed by atoms with Crippen LogP contribution in [0.5, 0.6) is 0 Å². The molecule has 0 radical (unpaired) electrons. The van der Waals surface area contributed by atoms with E-state index in [2.05, 4.69) is 15.6 Å². The first-order valence-electron chi connectivity index (χ1n) is 6.33. The highest BCUT2D eigenvalue weighted by atomic mass is 16.5. The number of carbonyl (C=O) groups excluding carboxylic acids is 1. The van der Waals surface area contributed by atoms with Crippen LogP contribution in [0.4, 0.5) is 5.82 Å². The van der Waals surface area contributed by atoms with E-state index >= 15 is 0 Å². The maximum Gasteiger partial charge on any atom is 0.252 e. The van der Waals surface area contributed by atoms with Gasteiger partial charge in [0.1, 0.15) is 5.82 Å². The van der Waals surface area contributed by atoms with E-state index in [1.165, 1.54) is 0 Å². The molecule has 2 N–H and O–H groups in total. The second kappa shape index (κ2) is 8.47. The van der Waals surface area contributed by atoms with Gasteiger partial charge in [0, 0.05) is 32.5 Å². The standard InChI is InChI=1S/C13H21N3O2/c1-3-14-12-7-6-11(10-16-12)13(17)15-8-5-9-18-4-2/h6-7,10H,3-5,8-9H2,1-2H3,(H,14,16)(H,15,17). The highest BCUT2D eigenvalue weighted by Crippen LogP contribution is 2.04. The van der Waals surface area contributed by atoms with Crippen molar-refractivity contribution in [3.05, 3.63) is 23.9 Å². The van der Waals surface area contributed by atoms with Gasteiger partial charge in [-0.05, 0) is 32.4 Å². The van der Waals surface area contributed by atoms with Crippen molar-refractivity contribution < 1.29 is 9.53 Å². The van der Waals surface area contributed by atoms with Gasteiger partial charge in [0.25, 0.3) is 5.91 Å². The lowest BCUT2D eigenvalue weighted by atomic mass is 10.2. The Morgan fingerprint density at radius 3 is 2.83 bits per heavy atom. The molecule has 1 heterocycles. The Kier molecular flexibility index (Phi) is 6.79. The van der Waals surface area contributed by atoms with Crippen LogP contribution in [0.2, 0.25) is 0 Å². The molecule has 0 aliphatic heterocycles. The molecular formula is C13H21N3O2. The first-order valence-corrected chi connectivity index (χ1v) is 6.33. The Morgan fingerprint density at radius 1 is 1.39 bits per heavy atom. The van der Waals surface area contributed by atoms with Crippen molar-refractivity contribution in [2.24, 2.45) is 0 Å². The van der Waals surface area contributed by atoms with Gasteiger partial charge in [0.15, 0.2) is 0 Å². The average Bonchev–Trinajstić information content (AvgIpc) is 2.39. The fraction of sp³-hybridized carbons (Fsp3) is 0.538. The molecular weight excluding hydrogens is 230 g/mol. The summed E-state index contributed by atoms with van der Waals surface area (Å²) in [6, 6.07) is 3.57. The molecule has 100 valence electrons. The number of nitrogens with one attached hydrogen (secondary N) is 2. The number of aromatic nitrogens is 1. The molecule has 0 saturated carbocycles. The molecule has 0 saturated heterocycles. The van der Waals surface area contributed by atoms with Gasteiger partial charge in [-0.3, -0.25) is 4.79 Å². The van der Waals surface area contributed by atoms with Crippen LogP contribution in [0, 0.1) is 0 Å². The summed E-state index contributed by atoms with van der Waals surface area (Å²) in [4.78, 5) is 15.9. The fourth-order valence-corrected chi connectivity index (χ4v) is 1.44. The van der Waals surface area contributed by atoms with Crippen molar-refractivity contribution in [1.82, 2.24) is 10.3 Å². The summed E-state index contributed by atoms with van der Waals surface area (Å²) in [6.07, 6.45) is 2.40. The summed E-state index contributed by atoms with van der Waals surface area (Å²) in [6.45, 7) is 6.78. The molecule has 0 bridgehead atoms. The third-order valence-electron chi connectivity index (χ3n) is 2.34. The van der Waals surface area contributed by atoms with E-state index in [0.29, 0.717) is 25.3 Å². The number of carbonyl (C=O) groups is 1. The zero-order valence-electron chi connectivity index (χ0n) is 11.0. The molecule has 5 nitrogen and oxygen atoms in total. The van der Waals surface area contributed by atoms with Crippen molar-refractivity contribution in [1.29, 1.82) is 0 Å². The number of pyridine rings is 1. The summed E-state index contributed by atoms with van der Waals surface area (Å²) in [5.41, 5.74) is 0.577. The molecule has 1 aromatic heterocycles. The van der Waals surface area contributed by atoms with Gasteiger partial charge < -0.3 is 15.4 Å². The number of rotatable bonds is 8. The molecule has 5 heteroatoms. The zero-order valence-corrected chi connectivity index (χ0v) is 11.0. The summed E-state index contributed by atoms with van der Waals surface area (Å²) in [7, 11) is 0. The Balaban J connectivity index is 2.32. The van der Waals surface area contributed by atoms with E-state index in [1.807, 2.05) is 13.8 Å². The van der Waals surface area contributed by atoms with Gasteiger partial charge in [0.05, 0.1) is 5.56 Å². The normalized spacial score (nSPS) is 10.1. The maximum atomic E-state index is 11.7. The summed E-state index contributed by atoms with van der Waals surface area (Å²) >= 11 is 0. The number of anilines is 1. The van der Waals surface area contributed by atoms with Gasteiger partial charge >= 0.3 is 0 Å². The molecule has 1 aromatic rings. The zero-order chi connectivity index (χ0) is 13.2. The van der Waals surface area contributed by atoms with Crippen LogP contribution < -0.4 is 10.6 Å². The van der Waals surface area contributed by atoms with E-state index in [4.69, 9.17) is 4.74 Å². The lowest BCUT2D eigenvalue weighted by molar-refractivity contribution is 0.0944. The minimum absolute atomic E-state index is 0.0953. The number of hydrogen-bond acceptors (Lipinski definition) is 4. The Hall–Kier alpha value is -1.62. The van der Waals surface area contributed by atoms with Crippen molar-refractivity contribution in [2.75, 3.05) is 31.6 Å². The van der Waals surface area contributed by atoms with Gasteiger partial charge in [-0.15, -0.1) is 0 Å². The molecule has 0 aliphatic carbocycles. The van der Waals surface area contributed by atoms with E-state index in [-0.39, 0.29) is 5.91 Å². The summed E-state index contributed by atoms with van der Waals surface area (Å²) in [5.74, 6) is 0.687. The SMILES string of the molecule is CCNc1ccc(C(=O)NCCCOCC)cn1. The van der Waals surface area contributed by atoms with Crippen LogP contribution in [0.1, 0.15) is 30.6 Å². The minimum atomic E-state index is -0.0953. The van der Waals surface area contributed by atoms with Gasteiger partial charge in [-0.2, -0.15) is 0 Å². The Labute approximate surface area is 108 Å². The average molecular weight is 251 g/mol. The smallest absolute Gasteiger partial charge is 0.252 e.